The Labute approximate surface area is 118 Å². The zero-order chi connectivity index (χ0) is 13.3. The van der Waals surface area contributed by atoms with Gasteiger partial charge in [-0.1, -0.05) is 11.6 Å². The first-order valence-electron chi connectivity index (χ1n) is 5.76. The van der Waals surface area contributed by atoms with E-state index >= 15 is 0 Å². The number of hydrogen-bond acceptors (Lipinski definition) is 2. The van der Waals surface area contributed by atoms with Crippen molar-refractivity contribution >= 4 is 33.2 Å². The summed E-state index contributed by atoms with van der Waals surface area (Å²) in [4.78, 5) is 0.255. The Kier molecular flexibility index (Phi) is 4.22. The smallest absolute Gasteiger partial charge is 0.207 e. The van der Waals surface area contributed by atoms with Crippen molar-refractivity contribution in [2.24, 2.45) is 5.92 Å². The Morgan fingerprint density at radius 1 is 1.39 bits per heavy atom. The van der Waals surface area contributed by atoms with Crippen molar-refractivity contribution in [2.45, 2.75) is 23.6 Å². The van der Waals surface area contributed by atoms with Crippen LogP contribution in [0.15, 0.2) is 23.1 Å². The molecule has 0 aliphatic heterocycles. The fourth-order valence-corrected chi connectivity index (χ4v) is 3.53. The zero-order valence-corrected chi connectivity index (χ0v) is 12.4. The SMILES string of the molecule is CN(CC1CC1)S(=O)(=O)c1ccc(Cl)c(CCl)c1. The summed E-state index contributed by atoms with van der Waals surface area (Å²) in [6.07, 6.45) is 2.24. The molecule has 0 saturated heterocycles. The van der Waals surface area contributed by atoms with Crippen molar-refractivity contribution in [2.75, 3.05) is 13.6 Å². The first-order chi connectivity index (χ1) is 8.45. The zero-order valence-electron chi connectivity index (χ0n) is 10.1. The summed E-state index contributed by atoms with van der Waals surface area (Å²) in [6, 6.07) is 4.66. The molecule has 3 nitrogen and oxygen atoms in total. The van der Waals surface area contributed by atoms with E-state index < -0.39 is 10.0 Å². The van der Waals surface area contributed by atoms with E-state index in [-0.39, 0.29) is 10.8 Å². The summed E-state index contributed by atoms with van der Waals surface area (Å²) in [7, 11) is -1.81. The van der Waals surface area contributed by atoms with Gasteiger partial charge in [-0.05, 0) is 42.5 Å². The third-order valence-corrected chi connectivity index (χ3v) is 5.56. The van der Waals surface area contributed by atoms with Gasteiger partial charge in [0, 0.05) is 24.5 Å². The van der Waals surface area contributed by atoms with E-state index in [1.807, 2.05) is 0 Å². The maximum Gasteiger partial charge on any atom is 0.242 e. The van der Waals surface area contributed by atoms with E-state index in [2.05, 4.69) is 0 Å². The Hall–Kier alpha value is -0.290. The Balaban J connectivity index is 2.27. The molecule has 1 aliphatic rings. The molecule has 0 amide bonds. The third kappa shape index (κ3) is 2.99. The fraction of sp³-hybridized carbons (Fsp3) is 0.500. The van der Waals surface area contributed by atoms with Gasteiger partial charge in [-0.3, -0.25) is 0 Å². The average Bonchev–Trinajstić information content (AvgIpc) is 3.13. The second-order valence-electron chi connectivity index (χ2n) is 4.62. The monoisotopic (exact) mass is 307 g/mol. The normalized spacial score (nSPS) is 16.2. The van der Waals surface area contributed by atoms with Gasteiger partial charge in [-0.25, -0.2) is 12.7 Å². The number of benzene rings is 1. The van der Waals surface area contributed by atoms with Crippen molar-refractivity contribution in [3.05, 3.63) is 28.8 Å². The van der Waals surface area contributed by atoms with E-state index in [9.17, 15) is 8.42 Å². The summed E-state index contributed by atoms with van der Waals surface area (Å²) in [5.41, 5.74) is 0.638. The maximum absolute atomic E-state index is 12.3. The van der Waals surface area contributed by atoms with Crippen LogP contribution >= 0.6 is 23.2 Å². The highest BCUT2D eigenvalue weighted by atomic mass is 35.5. The van der Waals surface area contributed by atoms with Gasteiger partial charge in [0.2, 0.25) is 10.0 Å². The summed E-state index contributed by atoms with van der Waals surface area (Å²) < 4.78 is 26.0. The molecular weight excluding hydrogens is 293 g/mol. The number of nitrogens with zero attached hydrogens (tertiary/aromatic N) is 1. The highest BCUT2D eigenvalue weighted by Crippen LogP contribution is 2.31. The van der Waals surface area contributed by atoms with Crippen molar-refractivity contribution < 1.29 is 8.42 Å². The largest absolute Gasteiger partial charge is 0.242 e. The van der Waals surface area contributed by atoms with Crippen molar-refractivity contribution in [3.8, 4) is 0 Å². The van der Waals surface area contributed by atoms with Gasteiger partial charge in [0.25, 0.3) is 0 Å². The van der Waals surface area contributed by atoms with Crippen LogP contribution in [-0.2, 0) is 15.9 Å². The van der Waals surface area contributed by atoms with E-state index in [4.69, 9.17) is 23.2 Å². The molecule has 1 aromatic rings. The molecule has 0 bridgehead atoms. The first kappa shape index (κ1) is 14.1. The van der Waals surface area contributed by atoms with Gasteiger partial charge >= 0.3 is 0 Å². The van der Waals surface area contributed by atoms with Crippen LogP contribution in [0.25, 0.3) is 0 Å². The van der Waals surface area contributed by atoms with Crippen LogP contribution in [0.4, 0.5) is 0 Å². The second-order valence-corrected chi connectivity index (χ2v) is 7.34. The standard InChI is InChI=1S/C12H15Cl2NO2S/c1-15(8-9-2-3-9)18(16,17)11-4-5-12(14)10(6-11)7-13/h4-6,9H,2-3,7-8H2,1H3. The first-order valence-corrected chi connectivity index (χ1v) is 8.11. The van der Waals surface area contributed by atoms with Gasteiger partial charge in [0.15, 0.2) is 0 Å². The number of hydrogen-bond donors (Lipinski definition) is 0. The fourth-order valence-electron chi connectivity index (χ4n) is 1.76. The molecule has 0 radical (unpaired) electrons. The maximum atomic E-state index is 12.3. The second kappa shape index (κ2) is 5.37. The summed E-state index contributed by atoms with van der Waals surface area (Å²) in [6.45, 7) is 0.584. The highest BCUT2D eigenvalue weighted by molar-refractivity contribution is 7.89. The molecule has 1 saturated carbocycles. The van der Waals surface area contributed by atoms with Crippen LogP contribution in [0.5, 0.6) is 0 Å². The molecule has 0 N–H and O–H groups in total. The molecule has 100 valence electrons. The predicted molar refractivity (Wildman–Crippen MR) is 73.5 cm³/mol. The molecule has 18 heavy (non-hydrogen) atoms. The summed E-state index contributed by atoms with van der Waals surface area (Å²) in [5, 5.41) is 0.494. The van der Waals surface area contributed by atoms with Crippen molar-refractivity contribution in [1.29, 1.82) is 0 Å². The van der Waals surface area contributed by atoms with Gasteiger partial charge in [0.05, 0.1) is 4.90 Å². The molecule has 1 fully saturated rings. The van der Waals surface area contributed by atoms with Crippen molar-refractivity contribution in [3.63, 3.8) is 0 Å². The predicted octanol–water partition coefficient (Wildman–Crippen LogP) is 3.11. The average molecular weight is 308 g/mol. The number of halogens is 2. The van der Waals surface area contributed by atoms with E-state index in [1.54, 1.807) is 19.2 Å². The Morgan fingerprint density at radius 3 is 2.61 bits per heavy atom. The quantitative estimate of drug-likeness (QED) is 0.784. The molecule has 0 heterocycles. The van der Waals surface area contributed by atoms with Gasteiger partial charge < -0.3 is 0 Å². The molecule has 0 atom stereocenters. The summed E-state index contributed by atoms with van der Waals surface area (Å²) in [5.74, 6) is 0.721. The summed E-state index contributed by atoms with van der Waals surface area (Å²) >= 11 is 11.7. The molecule has 0 unspecified atom stereocenters. The molecule has 1 aliphatic carbocycles. The van der Waals surface area contributed by atoms with Crippen LogP contribution in [0.2, 0.25) is 5.02 Å². The lowest BCUT2D eigenvalue weighted by molar-refractivity contribution is 0.453. The van der Waals surface area contributed by atoms with Gasteiger partial charge in [-0.15, -0.1) is 11.6 Å². The molecule has 6 heteroatoms. The molecule has 2 rings (SSSR count). The minimum absolute atomic E-state index is 0.203. The van der Waals surface area contributed by atoms with Gasteiger partial charge in [-0.2, -0.15) is 0 Å². The van der Waals surface area contributed by atoms with Crippen LogP contribution < -0.4 is 0 Å². The van der Waals surface area contributed by atoms with E-state index in [0.29, 0.717) is 23.0 Å². The van der Waals surface area contributed by atoms with E-state index in [1.165, 1.54) is 10.4 Å². The number of rotatable bonds is 5. The highest BCUT2D eigenvalue weighted by Gasteiger charge is 2.29. The lowest BCUT2D eigenvalue weighted by atomic mass is 10.2. The Bertz CT molecular complexity index is 541. The number of sulfonamides is 1. The Morgan fingerprint density at radius 2 is 2.06 bits per heavy atom. The number of alkyl halides is 1. The van der Waals surface area contributed by atoms with Crippen LogP contribution in [0.3, 0.4) is 0 Å². The van der Waals surface area contributed by atoms with Crippen LogP contribution in [0, 0.1) is 5.92 Å². The molecule has 0 spiro atoms. The van der Waals surface area contributed by atoms with Crippen molar-refractivity contribution in [1.82, 2.24) is 4.31 Å². The molecule has 0 aromatic heterocycles. The third-order valence-electron chi connectivity index (χ3n) is 3.08. The minimum atomic E-state index is -3.43. The lowest BCUT2D eigenvalue weighted by Gasteiger charge is -2.17. The van der Waals surface area contributed by atoms with Crippen LogP contribution in [0.1, 0.15) is 18.4 Å². The minimum Gasteiger partial charge on any atom is -0.207 e. The van der Waals surface area contributed by atoms with Crippen LogP contribution in [-0.4, -0.2) is 26.3 Å². The molecular formula is C12H15Cl2NO2S. The lowest BCUT2D eigenvalue weighted by Crippen LogP contribution is -2.29. The molecule has 1 aromatic carbocycles. The van der Waals surface area contributed by atoms with Gasteiger partial charge in [0.1, 0.15) is 0 Å². The van der Waals surface area contributed by atoms with E-state index in [0.717, 1.165) is 12.8 Å². The topological polar surface area (TPSA) is 37.4 Å².